The number of carbonyl (C=O) groups excluding carboxylic acids is 1. The third-order valence-electron chi connectivity index (χ3n) is 5.88. The van der Waals surface area contributed by atoms with Crippen molar-refractivity contribution in [2.24, 2.45) is 0 Å². The highest BCUT2D eigenvalue weighted by atomic mass is 16.5. The predicted molar refractivity (Wildman–Crippen MR) is 115 cm³/mol. The van der Waals surface area contributed by atoms with Gasteiger partial charge in [-0.05, 0) is 45.2 Å². The molecule has 2 aromatic rings. The molecule has 1 aromatic carbocycles. The Morgan fingerprint density at radius 2 is 1.73 bits per heavy atom. The summed E-state index contributed by atoms with van der Waals surface area (Å²) in [5.74, 6) is -0.246. The van der Waals surface area contributed by atoms with Crippen LogP contribution in [0.3, 0.4) is 0 Å². The first-order valence-electron chi connectivity index (χ1n) is 10.9. The molecular formula is C24H36N3O3+. The Labute approximate surface area is 180 Å². The van der Waals surface area contributed by atoms with Crippen LogP contribution in [0.1, 0.15) is 65.0 Å². The second kappa shape index (κ2) is 8.90. The Hall–Kier alpha value is -2.18. The van der Waals surface area contributed by atoms with Crippen LogP contribution in [0.2, 0.25) is 0 Å². The van der Waals surface area contributed by atoms with Crippen molar-refractivity contribution in [1.82, 2.24) is 9.63 Å². The molecule has 1 aliphatic rings. The number of imidazole rings is 1. The molecule has 0 aliphatic carbocycles. The van der Waals surface area contributed by atoms with Crippen LogP contribution in [0.4, 0.5) is 0 Å². The normalized spacial score (nSPS) is 19.0. The SMILES string of the molecule is CCCc1ccc(C[n+]2ccn(CC(=O)OC3CC(C)(C)N(O)C(C)(C)C3)c2)cc1. The number of esters is 1. The summed E-state index contributed by atoms with van der Waals surface area (Å²) in [6.45, 7) is 11.0. The zero-order valence-electron chi connectivity index (χ0n) is 19.0. The predicted octanol–water partition coefficient (Wildman–Crippen LogP) is 3.73. The summed E-state index contributed by atoms with van der Waals surface area (Å²) >= 11 is 0. The molecule has 1 saturated heterocycles. The van der Waals surface area contributed by atoms with E-state index in [0.29, 0.717) is 12.8 Å². The second-order valence-electron chi connectivity index (χ2n) is 9.78. The molecule has 3 rings (SSSR count). The molecule has 1 aromatic heterocycles. The van der Waals surface area contributed by atoms with Gasteiger partial charge in [0.1, 0.15) is 25.0 Å². The lowest BCUT2D eigenvalue weighted by molar-refractivity contribution is -0.687. The number of benzene rings is 1. The van der Waals surface area contributed by atoms with Crippen LogP contribution in [0, 0.1) is 0 Å². The minimum Gasteiger partial charge on any atom is -0.459 e. The minimum absolute atomic E-state index is 0.183. The van der Waals surface area contributed by atoms with Crippen molar-refractivity contribution in [2.75, 3.05) is 0 Å². The molecular weight excluding hydrogens is 378 g/mol. The van der Waals surface area contributed by atoms with Gasteiger partial charge in [-0.1, -0.05) is 37.6 Å². The van der Waals surface area contributed by atoms with E-state index in [0.717, 1.165) is 19.4 Å². The monoisotopic (exact) mass is 414 g/mol. The summed E-state index contributed by atoms with van der Waals surface area (Å²) in [7, 11) is 0. The van der Waals surface area contributed by atoms with E-state index in [1.807, 2.05) is 51.0 Å². The fourth-order valence-electron chi connectivity index (χ4n) is 4.57. The van der Waals surface area contributed by atoms with E-state index in [-0.39, 0.29) is 18.6 Å². The Morgan fingerprint density at radius 1 is 1.13 bits per heavy atom. The average molecular weight is 415 g/mol. The number of hydrogen-bond donors (Lipinski definition) is 1. The summed E-state index contributed by atoms with van der Waals surface area (Å²) < 4.78 is 9.69. The number of aryl methyl sites for hydroxylation is 1. The molecule has 6 nitrogen and oxygen atoms in total. The number of carbonyl (C=O) groups is 1. The van der Waals surface area contributed by atoms with Crippen LogP contribution in [-0.4, -0.2) is 38.0 Å². The summed E-state index contributed by atoms with van der Waals surface area (Å²) in [6, 6.07) is 8.71. The van der Waals surface area contributed by atoms with E-state index in [9.17, 15) is 10.0 Å². The lowest BCUT2D eigenvalue weighted by Gasteiger charge is -2.50. The van der Waals surface area contributed by atoms with Gasteiger partial charge >= 0.3 is 5.97 Å². The maximum absolute atomic E-state index is 12.5. The number of piperidine rings is 1. The number of hydrogen-bond acceptors (Lipinski definition) is 4. The van der Waals surface area contributed by atoms with Crippen molar-refractivity contribution in [3.05, 3.63) is 54.1 Å². The average Bonchev–Trinajstić information content (AvgIpc) is 3.07. The highest BCUT2D eigenvalue weighted by Crippen LogP contribution is 2.37. The summed E-state index contributed by atoms with van der Waals surface area (Å²) in [6.07, 6.45) is 9.09. The third-order valence-corrected chi connectivity index (χ3v) is 5.88. The first kappa shape index (κ1) is 22.5. The van der Waals surface area contributed by atoms with E-state index < -0.39 is 11.1 Å². The van der Waals surface area contributed by atoms with Gasteiger partial charge in [0, 0.05) is 23.9 Å². The zero-order chi connectivity index (χ0) is 21.9. The Balaban J connectivity index is 1.54. The van der Waals surface area contributed by atoms with Gasteiger partial charge in [-0.2, -0.15) is 5.06 Å². The molecule has 0 bridgehead atoms. The highest BCUT2D eigenvalue weighted by molar-refractivity contribution is 5.69. The number of ether oxygens (including phenoxy) is 1. The first-order chi connectivity index (χ1) is 14.1. The first-order valence-corrected chi connectivity index (χ1v) is 10.9. The van der Waals surface area contributed by atoms with E-state index in [1.165, 1.54) is 16.2 Å². The van der Waals surface area contributed by atoms with Crippen LogP contribution >= 0.6 is 0 Å². The van der Waals surface area contributed by atoms with Crippen LogP contribution in [0.5, 0.6) is 0 Å². The lowest BCUT2D eigenvalue weighted by atomic mass is 9.80. The molecule has 6 heteroatoms. The lowest BCUT2D eigenvalue weighted by Crippen LogP contribution is -2.60. The molecule has 0 amide bonds. The summed E-state index contributed by atoms with van der Waals surface area (Å²) in [5, 5.41) is 11.8. The van der Waals surface area contributed by atoms with Crippen LogP contribution in [-0.2, 0) is 29.0 Å². The molecule has 1 aliphatic heterocycles. The smallest absolute Gasteiger partial charge is 0.348 e. The molecule has 164 valence electrons. The number of nitrogens with zero attached hydrogens (tertiary/aromatic N) is 3. The van der Waals surface area contributed by atoms with Crippen molar-refractivity contribution < 1.29 is 19.3 Å². The molecule has 0 unspecified atom stereocenters. The second-order valence-corrected chi connectivity index (χ2v) is 9.78. The van der Waals surface area contributed by atoms with Crippen molar-refractivity contribution >= 4 is 5.97 Å². The topological polar surface area (TPSA) is 58.6 Å². The fourth-order valence-corrected chi connectivity index (χ4v) is 4.57. The number of hydroxylamine groups is 2. The third kappa shape index (κ3) is 5.49. The van der Waals surface area contributed by atoms with E-state index >= 15 is 0 Å². The van der Waals surface area contributed by atoms with Gasteiger partial charge in [0.2, 0.25) is 6.33 Å². The quantitative estimate of drug-likeness (QED) is 0.554. The number of aromatic nitrogens is 2. The largest absolute Gasteiger partial charge is 0.459 e. The molecule has 1 fully saturated rings. The van der Waals surface area contributed by atoms with Crippen LogP contribution in [0.15, 0.2) is 43.0 Å². The van der Waals surface area contributed by atoms with Gasteiger partial charge in [0.15, 0.2) is 6.54 Å². The molecule has 0 spiro atoms. The van der Waals surface area contributed by atoms with E-state index in [4.69, 9.17) is 4.74 Å². The van der Waals surface area contributed by atoms with Gasteiger partial charge in [-0.15, -0.1) is 0 Å². The molecule has 0 atom stereocenters. The Morgan fingerprint density at radius 3 is 2.33 bits per heavy atom. The Kier molecular flexibility index (Phi) is 6.68. The number of rotatable bonds is 7. The molecule has 0 radical (unpaired) electrons. The van der Waals surface area contributed by atoms with Gasteiger partial charge in [0.25, 0.3) is 0 Å². The van der Waals surface area contributed by atoms with Gasteiger partial charge in [-0.3, -0.25) is 0 Å². The van der Waals surface area contributed by atoms with Crippen molar-refractivity contribution in [1.29, 1.82) is 0 Å². The van der Waals surface area contributed by atoms with Crippen molar-refractivity contribution in [2.45, 2.75) is 90.6 Å². The van der Waals surface area contributed by atoms with Crippen molar-refractivity contribution in [3.63, 3.8) is 0 Å². The van der Waals surface area contributed by atoms with Gasteiger partial charge < -0.3 is 9.94 Å². The standard InChI is InChI=1S/C24H36N3O3/c1-6-7-19-8-10-20(11-9-19)16-25-12-13-26(18-25)17-22(28)30-21-14-23(2,3)27(29)24(4,5)15-21/h8-13,18,21,29H,6-7,14-17H2,1-5H3/q+1. The maximum Gasteiger partial charge on any atom is 0.348 e. The summed E-state index contributed by atoms with van der Waals surface area (Å²) in [5.41, 5.74) is 1.73. The Bertz CT molecular complexity index is 837. The van der Waals surface area contributed by atoms with Gasteiger partial charge in [-0.25, -0.2) is 13.9 Å². The maximum atomic E-state index is 12.5. The zero-order valence-corrected chi connectivity index (χ0v) is 19.0. The van der Waals surface area contributed by atoms with Crippen LogP contribution in [0.25, 0.3) is 0 Å². The molecule has 1 N–H and O–H groups in total. The summed E-state index contributed by atoms with van der Waals surface area (Å²) in [4.78, 5) is 12.5. The molecule has 30 heavy (non-hydrogen) atoms. The highest BCUT2D eigenvalue weighted by Gasteiger charge is 2.46. The van der Waals surface area contributed by atoms with Crippen LogP contribution < -0.4 is 4.57 Å². The van der Waals surface area contributed by atoms with E-state index in [1.54, 1.807) is 0 Å². The molecule has 2 heterocycles. The molecule has 0 saturated carbocycles. The minimum atomic E-state index is -0.435. The van der Waals surface area contributed by atoms with E-state index in [2.05, 4.69) is 35.8 Å². The fraction of sp³-hybridized carbons (Fsp3) is 0.583. The van der Waals surface area contributed by atoms with Gasteiger partial charge in [0.05, 0.1) is 0 Å². The van der Waals surface area contributed by atoms with Crippen molar-refractivity contribution in [3.8, 4) is 0 Å².